The normalized spacial score (nSPS) is 32.3. The molecule has 8 atom stereocenters. The molecule has 1 aliphatic rings. The molecule has 1 aliphatic heterocycles. The molecule has 0 saturated carbocycles. The number of hydrogen-bond acceptors (Lipinski definition) is 11. The average Bonchev–Trinajstić information content (AvgIpc) is 2.69. The molecule has 0 aromatic rings. The zero-order valence-corrected chi connectivity index (χ0v) is 18.2. The van der Waals surface area contributed by atoms with Gasteiger partial charge < -0.3 is 57.3 Å². The SMILES string of the molecule is CC(=O)N[C@@H]1[C@@H](O)[C@@H](O)[C@@H](CO)OC1(O)C(CC(=O)O)C(N)(C(=O)O)C(N)(C(=O)O)C(C)C. The van der Waals surface area contributed by atoms with Gasteiger partial charge in [-0.15, -0.1) is 0 Å². The zero-order chi connectivity index (χ0) is 26.1. The molecule has 12 N–H and O–H groups in total. The number of aliphatic hydroxyl groups is 4. The summed E-state index contributed by atoms with van der Waals surface area (Å²) < 4.78 is 5.26. The Morgan fingerprint density at radius 1 is 1.03 bits per heavy atom. The number of amides is 1. The van der Waals surface area contributed by atoms with Crippen LogP contribution in [0.5, 0.6) is 0 Å². The number of carbonyl (C=O) groups is 4. The second kappa shape index (κ2) is 9.84. The van der Waals surface area contributed by atoms with E-state index in [0.717, 1.165) is 6.92 Å². The van der Waals surface area contributed by atoms with Crippen LogP contribution in [0.25, 0.3) is 0 Å². The van der Waals surface area contributed by atoms with Gasteiger partial charge in [-0.2, -0.15) is 0 Å². The zero-order valence-electron chi connectivity index (χ0n) is 18.2. The molecule has 0 spiro atoms. The van der Waals surface area contributed by atoms with Crippen LogP contribution < -0.4 is 16.8 Å². The summed E-state index contributed by atoms with van der Waals surface area (Å²) in [5.41, 5.74) is 5.81. The van der Waals surface area contributed by atoms with Crippen molar-refractivity contribution in [1.29, 1.82) is 0 Å². The lowest BCUT2D eigenvalue weighted by atomic mass is 9.59. The highest BCUT2D eigenvalue weighted by Crippen LogP contribution is 2.45. The van der Waals surface area contributed by atoms with Gasteiger partial charge in [0.05, 0.1) is 18.9 Å². The van der Waals surface area contributed by atoms with Gasteiger partial charge in [-0.05, 0) is 5.92 Å². The Kier molecular flexibility index (Phi) is 8.54. The highest BCUT2D eigenvalue weighted by molar-refractivity contribution is 5.94. The molecule has 0 bridgehead atoms. The molecule has 33 heavy (non-hydrogen) atoms. The molecular weight excluding hydrogens is 450 g/mol. The number of nitrogens with two attached hydrogens (primary N) is 2. The number of aliphatic carboxylic acids is 3. The lowest BCUT2D eigenvalue weighted by molar-refractivity contribution is -0.347. The third-order valence-corrected chi connectivity index (χ3v) is 6.13. The second-order valence-corrected chi connectivity index (χ2v) is 8.40. The molecule has 0 aliphatic carbocycles. The van der Waals surface area contributed by atoms with Crippen LogP contribution in [0.15, 0.2) is 0 Å². The van der Waals surface area contributed by atoms with Crippen molar-refractivity contribution >= 4 is 23.8 Å². The maximum atomic E-state index is 12.4. The molecule has 1 rings (SSSR count). The van der Waals surface area contributed by atoms with Crippen molar-refractivity contribution < 1.29 is 59.7 Å². The van der Waals surface area contributed by atoms with Gasteiger partial charge in [-0.25, -0.2) is 0 Å². The van der Waals surface area contributed by atoms with Crippen molar-refractivity contribution in [3.63, 3.8) is 0 Å². The molecule has 15 nitrogen and oxygen atoms in total. The van der Waals surface area contributed by atoms with Crippen LogP contribution >= 0.6 is 0 Å². The molecule has 1 saturated heterocycles. The van der Waals surface area contributed by atoms with E-state index in [0.29, 0.717) is 0 Å². The van der Waals surface area contributed by atoms with Crippen molar-refractivity contribution in [3.8, 4) is 0 Å². The van der Waals surface area contributed by atoms with Gasteiger partial charge in [-0.3, -0.25) is 19.2 Å². The number of ether oxygens (including phenoxy) is 1. The van der Waals surface area contributed by atoms with Crippen molar-refractivity contribution in [3.05, 3.63) is 0 Å². The smallest absolute Gasteiger partial charge is 0.326 e. The maximum absolute atomic E-state index is 12.4. The summed E-state index contributed by atoms with van der Waals surface area (Å²) in [6.07, 6.45) is -7.23. The van der Waals surface area contributed by atoms with Crippen LogP contribution in [0, 0.1) is 11.8 Å². The van der Waals surface area contributed by atoms with E-state index >= 15 is 0 Å². The minimum absolute atomic E-state index is 0.926. The molecule has 190 valence electrons. The van der Waals surface area contributed by atoms with Crippen LogP contribution in [0.2, 0.25) is 0 Å². The molecule has 1 heterocycles. The Balaban J connectivity index is 4.01. The van der Waals surface area contributed by atoms with Crippen LogP contribution in [-0.2, 0) is 23.9 Å². The summed E-state index contributed by atoms with van der Waals surface area (Å²) in [5, 5.41) is 73.1. The molecule has 15 heteroatoms. The molecular formula is C18H31N3O12. The van der Waals surface area contributed by atoms with E-state index in [9.17, 15) is 54.9 Å². The highest BCUT2D eigenvalue weighted by Gasteiger charge is 2.71. The van der Waals surface area contributed by atoms with Crippen molar-refractivity contribution in [2.24, 2.45) is 23.3 Å². The van der Waals surface area contributed by atoms with E-state index in [1.165, 1.54) is 13.8 Å². The first-order chi connectivity index (χ1) is 14.9. The fourth-order valence-electron chi connectivity index (χ4n) is 4.22. The first kappa shape index (κ1) is 28.6. The summed E-state index contributed by atoms with van der Waals surface area (Å²) >= 11 is 0. The van der Waals surface area contributed by atoms with Gasteiger partial charge >= 0.3 is 17.9 Å². The average molecular weight is 481 g/mol. The number of carbonyl (C=O) groups excluding carboxylic acids is 1. The summed E-state index contributed by atoms with van der Waals surface area (Å²) in [6, 6.07) is -2.11. The number of carboxylic acid groups (broad SMARTS) is 3. The van der Waals surface area contributed by atoms with Gasteiger partial charge in [0, 0.05) is 6.92 Å². The van der Waals surface area contributed by atoms with E-state index in [-0.39, 0.29) is 0 Å². The lowest BCUT2D eigenvalue weighted by Crippen LogP contribution is -2.84. The van der Waals surface area contributed by atoms with Crippen LogP contribution in [-0.4, -0.2) is 107 Å². The predicted octanol–water partition coefficient (Wildman–Crippen LogP) is -4.40. The van der Waals surface area contributed by atoms with Gasteiger partial charge in [0.1, 0.15) is 29.9 Å². The van der Waals surface area contributed by atoms with E-state index in [2.05, 4.69) is 0 Å². The van der Waals surface area contributed by atoms with Crippen molar-refractivity contribution in [2.75, 3.05) is 6.61 Å². The molecule has 4 unspecified atom stereocenters. The number of rotatable bonds is 10. The Morgan fingerprint density at radius 2 is 1.52 bits per heavy atom. The number of carboxylic acids is 3. The summed E-state index contributed by atoms with van der Waals surface area (Å²) in [5.74, 6) is -13.7. The van der Waals surface area contributed by atoms with E-state index < -0.39 is 89.9 Å². The predicted molar refractivity (Wildman–Crippen MR) is 106 cm³/mol. The molecule has 0 radical (unpaired) electrons. The topological polar surface area (TPSA) is 283 Å². The highest BCUT2D eigenvalue weighted by atomic mass is 16.7. The quantitative estimate of drug-likeness (QED) is 0.141. The van der Waals surface area contributed by atoms with Crippen LogP contribution in [0.1, 0.15) is 27.2 Å². The molecule has 1 fully saturated rings. The molecule has 0 aromatic heterocycles. The van der Waals surface area contributed by atoms with E-state index in [1.54, 1.807) is 0 Å². The number of aliphatic hydroxyl groups excluding tert-OH is 3. The minimum atomic E-state index is -3.29. The largest absolute Gasteiger partial charge is 0.481 e. The summed E-state index contributed by atoms with van der Waals surface area (Å²) in [7, 11) is 0. The molecule has 1 amide bonds. The maximum Gasteiger partial charge on any atom is 0.326 e. The summed E-state index contributed by atoms with van der Waals surface area (Å²) in [4.78, 5) is 48.0. The number of hydrogen-bond donors (Lipinski definition) is 10. The first-order valence-electron chi connectivity index (χ1n) is 9.83. The van der Waals surface area contributed by atoms with Crippen molar-refractivity contribution in [1.82, 2.24) is 5.32 Å². The van der Waals surface area contributed by atoms with E-state index in [1.807, 2.05) is 5.32 Å². The van der Waals surface area contributed by atoms with Gasteiger partial charge in [0.25, 0.3) is 0 Å². The van der Waals surface area contributed by atoms with Gasteiger partial charge in [0.15, 0.2) is 11.3 Å². The number of nitrogens with one attached hydrogen (secondary N) is 1. The fraction of sp³-hybridized carbons (Fsp3) is 0.778. The van der Waals surface area contributed by atoms with Crippen molar-refractivity contribution in [2.45, 2.75) is 68.4 Å². The standard InChI is InChI=1S/C18H31N3O12/c1-6(2)16(19,14(28)29)17(20,15(30)31)9(4-10(24)25)18(32)13(21-7(3)23)12(27)11(26)8(5-22)33-18/h6,8-9,11-13,22,26-27,32H,4-5,19-20H2,1-3H3,(H,21,23)(H,24,25)(H,28,29)(H,30,31)/t8-,9?,11+,12+,13-,16?,17?,18?/m1/s1. The Hall–Kier alpha value is -2.40. The Morgan fingerprint density at radius 3 is 1.85 bits per heavy atom. The third kappa shape index (κ3) is 4.65. The van der Waals surface area contributed by atoms with Gasteiger partial charge in [-0.1, -0.05) is 13.8 Å². The second-order valence-electron chi connectivity index (χ2n) is 8.40. The van der Waals surface area contributed by atoms with Crippen LogP contribution in [0.3, 0.4) is 0 Å². The third-order valence-electron chi connectivity index (χ3n) is 6.13. The first-order valence-corrected chi connectivity index (χ1v) is 9.83. The van der Waals surface area contributed by atoms with E-state index in [4.69, 9.17) is 16.2 Å². The molecule has 0 aromatic carbocycles. The Labute approximate surface area is 187 Å². The minimum Gasteiger partial charge on any atom is -0.481 e. The monoisotopic (exact) mass is 481 g/mol. The van der Waals surface area contributed by atoms with Gasteiger partial charge in [0.2, 0.25) is 5.91 Å². The Bertz CT molecular complexity index is 794. The van der Waals surface area contributed by atoms with Crippen LogP contribution in [0.4, 0.5) is 0 Å². The lowest BCUT2D eigenvalue weighted by Gasteiger charge is -2.56. The fourth-order valence-corrected chi connectivity index (χ4v) is 4.22. The summed E-state index contributed by atoms with van der Waals surface area (Å²) in [6.45, 7) is 2.27.